The Morgan fingerprint density at radius 3 is 2.45 bits per heavy atom. The second-order valence-electron chi connectivity index (χ2n) is 8.03. The van der Waals surface area contributed by atoms with Gasteiger partial charge < -0.3 is 24.3 Å². The molecule has 0 aliphatic carbocycles. The van der Waals surface area contributed by atoms with Crippen LogP contribution in [0.15, 0.2) is 36.4 Å². The van der Waals surface area contributed by atoms with E-state index in [1.54, 1.807) is 21.3 Å². The Morgan fingerprint density at radius 1 is 1.03 bits per heavy atom. The molecular formula is C25H33NO5. The second kappa shape index (κ2) is 10.5. The number of rotatable bonds is 9. The molecule has 0 bridgehead atoms. The minimum Gasteiger partial charge on any atom is -0.496 e. The van der Waals surface area contributed by atoms with Gasteiger partial charge in [-0.2, -0.15) is 0 Å². The van der Waals surface area contributed by atoms with Crippen molar-refractivity contribution < 1.29 is 23.7 Å². The van der Waals surface area contributed by atoms with E-state index < -0.39 is 0 Å². The van der Waals surface area contributed by atoms with E-state index in [0.29, 0.717) is 44.1 Å². The Kier molecular flexibility index (Phi) is 7.80. The first-order chi connectivity index (χ1) is 15.0. The van der Waals surface area contributed by atoms with Gasteiger partial charge in [-0.3, -0.25) is 4.79 Å². The number of amides is 1. The number of benzene rings is 2. The van der Waals surface area contributed by atoms with Gasteiger partial charge >= 0.3 is 0 Å². The van der Waals surface area contributed by atoms with Crippen molar-refractivity contribution in [2.45, 2.75) is 38.0 Å². The smallest absolute Gasteiger partial charge is 0.220 e. The average molecular weight is 428 g/mol. The maximum absolute atomic E-state index is 12.8. The van der Waals surface area contributed by atoms with Gasteiger partial charge in [0.1, 0.15) is 5.75 Å². The van der Waals surface area contributed by atoms with Crippen LogP contribution in [0.5, 0.6) is 17.2 Å². The molecule has 1 saturated heterocycles. The van der Waals surface area contributed by atoms with E-state index in [4.69, 9.17) is 18.9 Å². The lowest BCUT2D eigenvalue weighted by atomic mass is 9.73. The van der Waals surface area contributed by atoms with Crippen molar-refractivity contribution in [1.82, 2.24) is 5.32 Å². The molecule has 1 N–H and O–H groups in total. The van der Waals surface area contributed by atoms with Gasteiger partial charge in [-0.05, 0) is 43.9 Å². The highest BCUT2D eigenvalue weighted by molar-refractivity contribution is 5.76. The number of carbonyl (C=O) groups excluding carboxylic acids is 1. The Bertz CT molecular complexity index is 889. The second-order valence-corrected chi connectivity index (χ2v) is 8.03. The normalized spacial score (nSPS) is 15.2. The summed E-state index contributed by atoms with van der Waals surface area (Å²) in [4.78, 5) is 12.8. The van der Waals surface area contributed by atoms with Crippen LogP contribution in [0.1, 0.15) is 36.0 Å². The molecule has 0 atom stereocenters. The van der Waals surface area contributed by atoms with Crippen molar-refractivity contribution in [3.05, 3.63) is 53.1 Å². The summed E-state index contributed by atoms with van der Waals surface area (Å²) in [6.07, 6.45) is 2.64. The van der Waals surface area contributed by atoms with Crippen molar-refractivity contribution in [2.24, 2.45) is 0 Å². The van der Waals surface area contributed by atoms with Crippen LogP contribution in [0.25, 0.3) is 0 Å². The van der Waals surface area contributed by atoms with Gasteiger partial charge in [-0.15, -0.1) is 0 Å². The first-order valence-corrected chi connectivity index (χ1v) is 10.7. The topological polar surface area (TPSA) is 66.0 Å². The number of ether oxygens (including phenoxy) is 4. The fourth-order valence-corrected chi connectivity index (χ4v) is 4.29. The van der Waals surface area contributed by atoms with Crippen molar-refractivity contribution in [2.75, 3.05) is 41.1 Å². The standard InChI is InChI=1S/C25H33NO5/c1-18-8-10-21(28-2)20(16-18)25(12-14-31-15-13-25)17-26-23(27)11-9-19-6-5-7-22(29-3)24(19)30-4/h5-8,10,16H,9,11-15,17H2,1-4H3,(H,26,27). The molecule has 3 rings (SSSR count). The van der Waals surface area contributed by atoms with Crippen molar-refractivity contribution >= 4 is 5.91 Å². The summed E-state index contributed by atoms with van der Waals surface area (Å²) in [6.45, 7) is 3.99. The number of para-hydroxylation sites is 1. The molecular weight excluding hydrogens is 394 g/mol. The molecule has 1 amide bonds. The Balaban J connectivity index is 1.70. The highest BCUT2D eigenvalue weighted by atomic mass is 16.5. The summed E-state index contributed by atoms with van der Waals surface area (Å²) in [5.74, 6) is 2.24. The molecule has 1 fully saturated rings. The zero-order chi connectivity index (χ0) is 22.3. The van der Waals surface area contributed by atoms with Crippen LogP contribution < -0.4 is 19.5 Å². The third kappa shape index (κ3) is 5.31. The van der Waals surface area contributed by atoms with E-state index in [1.807, 2.05) is 24.3 Å². The van der Waals surface area contributed by atoms with Crippen molar-refractivity contribution in [3.8, 4) is 17.2 Å². The highest BCUT2D eigenvalue weighted by Gasteiger charge is 2.37. The molecule has 0 spiro atoms. The van der Waals surface area contributed by atoms with Crippen LogP contribution >= 0.6 is 0 Å². The lowest BCUT2D eigenvalue weighted by Gasteiger charge is -2.39. The molecule has 6 nitrogen and oxygen atoms in total. The number of hydrogen-bond acceptors (Lipinski definition) is 5. The first-order valence-electron chi connectivity index (χ1n) is 10.7. The Labute approximate surface area is 184 Å². The van der Waals surface area contributed by atoms with Crippen LogP contribution in [0.2, 0.25) is 0 Å². The number of hydrogen-bond donors (Lipinski definition) is 1. The molecule has 168 valence electrons. The minimum absolute atomic E-state index is 0.0161. The molecule has 2 aromatic carbocycles. The van der Waals surface area contributed by atoms with E-state index in [2.05, 4.69) is 24.4 Å². The van der Waals surface area contributed by atoms with Gasteiger partial charge in [0.25, 0.3) is 0 Å². The van der Waals surface area contributed by atoms with Crippen molar-refractivity contribution in [3.63, 3.8) is 0 Å². The van der Waals surface area contributed by atoms with Crippen LogP contribution in [0.3, 0.4) is 0 Å². The summed E-state index contributed by atoms with van der Waals surface area (Å²) in [7, 11) is 4.92. The van der Waals surface area contributed by atoms with Crippen LogP contribution in [0.4, 0.5) is 0 Å². The number of nitrogens with one attached hydrogen (secondary N) is 1. The molecule has 1 aliphatic rings. The molecule has 31 heavy (non-hydrogen) atoms. The lowest BCUT2D eigenvalue weighted by Crippen LogP contribution is -2.45. The van der Waals surface area contributed by atoms with Gasteiger partial charge in [-0.1, -0.05) is 29.8 Å². The predicted molar refractivity (Wildman–Crippen MR) is 120 cm³/mol. The molecule has 1 heterocycles. The number of carbonyl (C=O) groups is 1. The fraction of sp³-hybridized carbons (Fsp3) is 0.480. The van der Waals surface area contributed by atoms with E-state index in [9.17, 15) is 4.79 Å². The summed E-state index contributed by atoms with van der Waals surface area (Å²) in [5.41, 5.74) is 3.09. The summed E-state index contributed by atoms with van der Waals surface area (Å²) >= 11 is 0. The maximum atomic E-state index is 12.8. The third-order valence-corrected chi connectivity index (χ3v) is 6.11. The summed E-state index contributed by atoms with van der Waals surface area (Å²) in [6, 6.07) is 12.0. The average Bonchev–Trinajstić information content (AvgIpc) is 2.81. The monoisotopic (exact) mass is 427 g/mol. The maximum Gasteiger partial charge on any atom is 0.220 e. The van der Waals surface area contributed by atoms with Crippen molar-refractivity contribution in [1.29, 1.82) is 0 Å². The first kappa shape index (κ1) is 22.9. The van der Waals surface area contributed by atoms with E-state index in [-0.39, 0.29) is 11.3 Å². The van der Waals surface area contributed by atoms with E-state index >= 15 is 0 Å². The zero-order valence-corrected chi connectivity index (χ0v) is 19.0. The number of aryl methyl sites for hydroxylation is 2. The molecule has 0 aromatic heterocycles. The summed E-state index contributed by atoms with van der Waals surface area (Å²) in [5, 5.41) is 3.18. The largest absolute Gasteiger partial charge is 0.496 e. The third-order valence-electron chi connectivity index (χ3n) is 6.11. The van der Waals surface area contributed by atoms with Crippen LogP contribution in [-0.2, 0) is 21.4 Å². The van der Waals surface area contributed by atoms with Gasteiger partial charge in [0.15, 0.2) is 11.5 Å². The SMILES string of the molecule is COc1ccc(C)cc1C1(CNC(=O)CCc2cccc(OC)c2OC)CCOCC1. The van der Waals surface area contributed by atoms with Gasteiger partial charge in [0.05, 0.1) is 21.3 Å². The molecule has 1 aliphatic heterocycles. The van der Waals surface area contributed by atoms with Crippen LogP contribution in [-0.4, -0.2) is 47.0 Å². The van der Waals surface area contributed by atoms with E-state index in [0.717, 1.165) is 29.7 Å². The minimum atomic E-state index is -0.196. The quantitative estimate of drug-likeness (QED) is 0.659. The fourth-order valence-electron chi connectivity index (χ4n) is 4.29. The molecule has 6 heteroatoms. The molecule has 0 saturated carbocycles. The molecule has 0 unspecified atom stereocenters. The lowest BCUT2D eigenvalue weighted by molar-refractivity contribution is -0.121. The van der Waals surface area contributed by atoms with Crippen LogP contribution in [0, 0.1) is 6.92 Å². The Morgan fingerprint density at radius 2 is 1.77 bits per heavy atom. The number of methoxy groups -OCH3 is 3. The zero-order valence-electron chi connectivity index (χ0n) is 19.0. The van der Waals surface area contributed by atoms with Gasteiger partial charge in [0, 0.05) is 37.2 Å². The van der Waals surface area contributed by atoms with Gasteiger partial charge in [0.2, 0.25) is 5.91 Å². The van der Waals surface area contributed by atoms with E-state index in [1.165, 1.54) is 5.56 Å². The predicted octanol–water partition coefficient (Wildman–Crippen LogP) is 3.82. The molecule has 0 radical (unpaired) electrons. The van der Waals surface area contributed by atoms with Gasteiger partial charge in [-0.25, -0.2) is 0 Å². The highest BCUT2D eigenvalue weighted by Crippen LogP contribution is 2.40. The Hall–Kier alpha value is -2.73. The summed E-state index contributed by atoms with van der Waals surface area (Å²) < 4.78 is 22.1. The molecule has 2 aromatic rings.